The van der Waals surface area contributed by atoms with Crippen molar-refractivity contribution < 1.29 is 9.53 Å². The zero-order valence-electron chi connectivity index (χ0n) is 11.9. The Bertz CT molecular complexity index is 682. The number of nitrogens with one attached hydrogen (secondary N) is 1. The first-order chi connectivity index (χ1) is 10.1. The van der Waals surface area contributed by atoms with E-state index in [0.717, 1.165) is 10.2 Å². The quantitative estimate of drug-likeness (QED) is 0.894. The van der Waals surface area contributed by atoms with Crippen molar-refractivity contribution in [2.75, 3.05) is 7.11 Å². The van der Waals surface area contributed by atoms with E-state index in [0.29, 0.717) is 12.3 Å². The van der Waals surface area contributed by atoms with Crippen molar-refractivity contribution in [1.29, 1.82) is 0 Å². The van der Waals surface area contributed by atoms with Gasteiger partial charge in [-0.2, -0.15) is 5.10 Å². The molecule has 0 saturated carbocycles. The second-order valence-corrected chi connectivity index (χ2v) is 4.51. The lowest BCUT2D eigenvalue weighted by atomic mass is 10.2. The summed E-state index contributed by atoms with van der Waals surface area (Å²) < 4.78 is 6.37. The minimum Gasteiger partial charge on any atom is -0.496 e. The zero-order chi connectivity index (χ0) is 15.2. The summed E-state index contributed by atoms with van der Waals surface area (Å²) in [4.78, 5) is 23.8. The van der Waals surface area contributed by atoms with Gasteiger partial charge in [-0.15, -0.1) is 0 Å². The Labute approximate surface area is 122 Å². The third-order valence-electron chi connectivity index (χ3n) is 3.13. The molecule has 0 unspecified atom stereocenters. The Hall–Kier alpha value is -2.63. The fourth-order valence-corrected chi connectivity index (χ4v) is 1.95. The van der Waals surface area contributed by atoms with E-state index in [1.54, 1.807) is 14.0 Å². The number of hydrogen-bond donors (Lipinski definition) is 1. The molecule has 1 aromatic heterocycles. The van der Waals surface area contributed by atoms with Gasteiger partial charge in [-0.1, -0.05) is 18.2 Å². The Balaban J connectivity index is 2.05. The monoisotopic (exact) mass is 287 g/mol. The number of benzene rings is 1. The molecular formula is C15H17N3O3. The molecule has 110 valence electrons. The molecule has 0 fully saturated rings. The van der Waals surface area contributed by atoms with Crippen LogP contribution >= 0.6 is 0 Å². The van der Waals surface area contributed by atoms with Gasteiger partial charge in [-0.3, -0.25) is 9.59 Å². The number of carbonyl (C=O) groups excluding carboxylic acids is 1. The Morgan fingerprint density at radius 2 is 2.10 bits per heavy atom. The maximum Gasteiger partial charge on any atom is 0.267 e. The van der Waals surface area contributed by atoms with E-state index in [2.05, 4.69) is 10.4 Å². The first-order valence-corrected chi connectivity index (χ1v) is 6.57. The smallest absolute Gasteiger partial charge is 0.267 e. The summed E-state index contributed by atoms with van der Waals surface area (Å²) in [6.07, 6.45) is 1.48. The summed E-state index contributed by atoms with van der Waals surface area (Å²) in [5.41, 5.74) is 0.561. The van der Waals surface area contributed by atoms with Crippen LogP contribution in [0.15, 0.2) is 47.4 Å². The summed E-state index contributed by atoms with van der Waals surface area (Å²) >= 11 is 0. The van der Waals surface area contributed by atoms with Crippen molar-refractivity contribution in [3.8, 4) is 5.75 Å². The highest BCUT2D eigenvalue weighted by Crippen LogP contribution is 2.16. The number of amides is 1. The lowest BCUT2D eigenvalue weighted by molar-refractivity contribution is -0.124. The van der Waals surface area contributed by atoms with Crippen LogP contribution in [0.4, 0.5) is 0 Å². The highest BCUT2D eigenvalue weighted by atomic mass is 16.5. The Morgan fingerprint density at radius 3 is 2.81 bits per heavy atom. The average molecular weight is 287 g/mol. The van der Waals surface area contributed by atoms with E-state index in [4.69, 9.17) is 4.74 Å². The molecule has 0 aliphatic carbocycles. The molecule has 1 amide bonds. The lowest BCUT2D eigenvalue weighted by Crippen LogP contribution is -2.36. The maximum atomic E-state index is 12.1. The Kier molecular flexibility index (Phi) is 4.71. The summed E-state index contributed by atoms with van der Waals surface area (Å²) in [5.74, 6) is 0.433. The van der Waals surface area contributed by atoms with Crippen LogP contribution in [0, 0.1) is 0 Å². The van der Waals surface area contributed by atoms with Crippen LogP contribution in [-0.2, 0) is 11.3 Å². The molecule has 2 rings (SSSR count). The SMILES string of the molecule is COc1ccccc1CNC(=O)[C@@H](C)n1ncccc1=O. The van der Waals surface area contributed by atoms with Gasteiger partial charge in [0.25, 0.3) is 5.56 Å². The van der Waals surface area contributed by atoms with E-state index < -0.39 is 6.04 Å². The molecule has 0 aliphatic heterocycles. The summed E-state index contributed by atoms with van der Waals surface area (Å²) in [5, 5.41) is 6.69. The first kappa shape index (κ1) is 14.8. The number of aromatic nitrogens is 2. The molecule has 0 saturated heterocycles. The molecule has 0 bridgehead atoms. The number of para-hydroxylation sites is 1. The predicted octanol–water partition coefficient (Wildman–Crippen LogP) is 1.13. The Morgan fingerprint density at radius 1 is 1.33 bits per heavy atom. The average Bonchev–Trinajstić information content (AvgIpc) is 2.52. The lowest BCUT2D eigenvalue weighted by Gasteiger charge is -2.14. The minimum atomic E-state index is -0.673. The van der Waals surface area contributed by atoms with Gasteiger partial charge < -0.3 is 10.1 Å². The van der Waals surface area contributed by atoms with E-state index >= 15 is 0 Å². The van der Waals surface area contributed by atoms with Crippen molar-refractivity contribution in [1.82, 2.24) is 15.1 Å². The maximum absolute atomic E-state index is 12.1. The summed E-state index contributed by atoms with van der Waals surface area (Å²) in [7, 11) is 1.58. The third-order valence-corrected chi connectivity index (χ3v) is 3.13. The topological polar surface area (TPSA) is 73.2 Å². The molecule has 0 radical (unpaired) electrons. The number of nitrogens with zero attached hydrogens (tertiary/aromatic N) is 2. The highest BCUT2D eigenvalue weighted by Gasteiger charge is 2.16. The van der Waals surface area contributed by atoms with Crippen LogP contribution in [0.5, 0.6) is 5.75 Å². The van der Waals surface area contributed by atoms with E-state index in [9.17, 15) is 9.59 Å². The van der Waals surface area contributed by atoms with E-state index in [1.807, 2.05) is 24.3 Å². The molecule has 0 aliphatic rings. The van der Waals surface area contributed by atoms with Gasteiger partial charge in [-0.05, 0) is 19.1 Å². The molecule has 1 aromatic carbocycles. The number of hydrogen-bond acceptors (Lipinski definition) is 4. The van der Waals surface area contributed by atoms with Crippen LogP contribution in [0.1, 0.15) is 18.5 Å². The summed E-state index contributed by atoms with van der Waals surface area (Å²) in [6.45, 7) is 1.96. The van der Waals surface area contributed by atoms with Crippen LogP contribution in [0.3, 0.4) is 0 Å². The van der Waals surface area contributed by atoms with Crippen molar-refractivity contribution >= 4 is 5.91 Å². The fourth-order valence-electron chi connectivity index (χ4n) is 1.95. The molecule has 2 aromatic rings. The molecule has 1 N–H and O–H groups in total. The highest BCUT2D eigenvalue weighted by molar-refractivity contribution is 5.79. The van der Waals surface area contributed by atoms with Gasteiger partial charge in [0.15, 0.2) is 0 Å². The molecule has 6 heteroatoms. The molecule has 0 spiro atoms. The number of carbonyl (C=O) groups is 1. The number of ether oxygens (including phenoxy) is 1. The largest absolute Gasteiger partial charge is 0.496 e. The fraction of sp³-hybridized carbons (Fsp3) is 0.267. The molecule has 6 nitrogen and oxygen atoms in total. The van der Waals surface area contributed by atoms with Crippen molar-refractivity contribution in [3.63, 3.8) is 0 Å². The van der Waals surface area contributed by atoms with Gasteiger partial charge in [-0.25, -0.2) is 4.68 Å². The van der Waals surface area contributed by atoms with Gasteiger partial charge in [0.1, 0.15) is 11.8 Å². The van der Waals surface area contributed by atoms with Crippen LogP contribution < -0.4 is 15.6 Å². The van der Waals surface area contributed by atoms with Crippen molar-refractivity contribution in [2.24, 2.45) is 0 Å². The van der Waals surface area contributed by atoms with Gasteiger partial charge >= 0.3 is 0 Å². The van der Waals surface area contributed by atoms with Crippen LogP contribution in [0.2, 0.25) is 0 Å². The van der Waals surface area contributed by atoms with Gasteiger partial charge in [0.2, 0.25) is 5.91 Å². The molecule has 1 heterocycles. The molecule has 1 atom stereocenters. The number of rotatable bonds is 5. The summed E-state index contributed by atoms with van der Waals surface area (Å²) in [6, 6.07) is 9.67. The second-order valence-electron chi connectivity index (χ2n) is 4.51. The van der Waals surface area contributed by atoms with Crippen molar-refractivity contribution in [2.45, 2.75) is 19.5 Å². The van der Waals surface area contributed by atoms with Gasteiger partial charge in [0, 0.05) is 24.4 Å². The molecule has 21 heavy (non-hydrogen) atoms. The molecular weight excluding hydrogens is 270 g/mol. The van der Waals surface area contributed by atoms with Crippen LogP contribution in [0.25, 0.3) is 0 Å². The predicted molar refractivity (Wildman–Crippen MR) is 78.0 cm³/mol. The van der Waals surface area contributed by atoms with Crippen LogP contribution in [-0.4, -0.2) is 22.8 Å². The van der Waals surface area contributed by atoms with E-state index in [1.165, 1.54) is 18.3 Å². The standard InChI is InChI=1S/C15H17N3O3/c1-11(18-14(19)8-5-9-17-18)15(20)16-10-12-6-3-4-7-13(12)21-2/h3-9,11H,10H2,1-2H3,(H,16,20)/t11-/m1/s1. The number of methoxy groups -OCH3 is 1. The van der Waals surface area contributed by atoms with E-state index in [-0.39, 0.29) is 11.5 Å². The minimum absolute atomic E-state index is 0.276. The first-order valence-electron chi connectivity index (χ1n) is 6.57. The normalized spacial score (nSPS) is 11.7. The van der Waals surface area contributed by atoms with Gasteiger partial charge in [0.05, 0.1) is 7.11 Å². The second kappa shape index (κ2) is 6.69. The van der Waals surface area contributed by atoms with Crippen molar-refractivity contribution in [3.05, 3.63) is 58.5 Å². The zero-order valence-corrected chi connectivity index (χ0v) is 11.9. The third kappa shape index (κ3) is 3.47.